The molecule has 1 aromatic rings. The zero-order chi connectivity index (χ0) is 9.31. The second-order valence-electron chi connectivity index (χ2n) is 3.43. The van der Waals surface area contributed by atoms with E-state index < -0.39 is 5.67 Å². The fourth-order valence-electron chi connectivity index (χ4n) is 1.81. The van der Waals surface area contributed by atoms with Gasteiger partial charge in [0.05, 0.1) is 0 Å². The predicted molar refractivity (Wildman–Crippen MR) is 48.2 cm³/mol. The number of aryl methyl sites for hydroxylation is 1. The first-order valence-electron chi connectivity index (χ1n) is 4.67. The van der Waals surface area contributed by atoms with Crippen molar-refractivity contribution in [3.63, 3.8) is 0 Å². The highest BCUT2D eigenvalue weighted by Gasteiger charge is 2.39. The van der Waals surface area contributed by atoms with Crippen LogP contribution in [0.5, 0.6) is 0 Å². The second-order valence-corrected chi connectivity index (χ2v) is 3.43. The lowest BCUT2D eigenvalue weighted by Gasteiger charge is -2.18. The zero-order valence-corrected chi connectivity index (χ0v) is 7.76. The lowest BCUT2D eigenvalue weighted by atomic mass is 10.1. The quantitative estimate of drug-likeness (QED) is 0.743. The molecule has 0 aromatic carbocycles. The molecule has 3 nitrogen and oxygen atoms in total. The summed E-state index contributed by atoms with van der Waals surface area (Å²) in [7, 11) is 0. The minimum absolute atomic E-state index is 0.393. The van der Waals surface area contributed by atoms with Crippen LogP contribution in [0.15, 0.2) is 12.4 Å². The number of alkyl halides is 1. The van der Waals surface area contributed by atoms with Gasteiger partial charge in [0, 0.05) is 31.9 Å². The van der Waals surface area contributed by atoms with Crippen molar-refractivity contribution in [2.75, 3.05) is 13.1 Å². The Bertz CT molecular complexity index is 289. The predicted octanol–water partition coefficient (Wildman–Crippen LogP) is 1.06. The third-order valence-corrected chi connectivity index (χ3v) is 2.56. The monoisotopic (exact) mass is 183 g/mol. The van der Waals surface area contributed by atoms with Gasteiger partial charge in [0.25, 0.3) is 0 Å². The van der Waals surface area contributed by atoms with Crippen molar-refractivity contribution in [2.45, 2.75) is 25.6 Å². The number of aromatic nitrogens is 2. The van der Waals surface area contributed by atoms with Gasteiger partial charge >= 0.3 is 0 Å². The Morgan fingerprint density at radius 3 is 3.23 bits per heavy atom. The van der Waals surface area contributed by atoms with Crippen molar-refractivity contribution < 1.29 is 4.39 Å². The van der Waals surface area contributed by atoms with E-state index in [0.29, 0.717) is 18.8 Å². The molecule has 1 aliphatic heterocycles. The van der Waals surface area contributed by atoms with Crippen LogP contribution >= 0.6 is 0 Å². The molecule has 0 spiro atoms. The molecule has 1 fully saturated rings. The van der Waals surface area contributed by atoms with E-state index in [1.54, 1.807) is 6.20 Å². The van der Waals surface area contributed by atoms with E-state index in [4.69, 9.17) is 0 Å². The maximum atomic E-state index is 14.2. The van der Waals surface area contributed by atoms with Gasteiger partial charge in [-0.2, -0.15) is 0 Å². The van der Waals surface area contributed by atoms with Crippen LogP contribution in [0, 0.1) is 0 Å². The van der Waals surface area contributed by atoms with E-state index in [0.717, 1.165) is 13.1 Å². The Morgan fingerprint density at radius 1 is 1.77 bits per heavy atom. The lowest BCUT2D eigenvalue weighted by molar-refractivity contribution is 0.173. The van der Waals surface area contributed by atoms with Crippen LogP contribution in [-0.4, -0.2) is 22.6 Å². The van der Waals surface area contributed by atoms with Gasteiger partial charge in [-0.05, 0) is 13.5 Å². The highest BCUT2D eigenvalue weighted by molar-refractivity contribution is 5.09. The minimum Gasteiger partial charge on any atom is -0.332 e. The van der Waals surface area contributed by atoms with Gasteiger partial charge in [-0.25, -0.2) is 9.37 Å². The number of halogens is 1. The SMILES string of the molecule is CCn1ccnc1C1(F)CCNC1. The van der Waals surface area contributed by atoms with Crippen molar-refractivity contribution in [1.82, 2.24) is 14.9 Å². The summed E-state index contributed by atoms with van der Waals surface area (Å²) >= 11 is 0. The maximum Gasteiger partial charge on any atom is 0.181 e. The Kier molecular flexibility index (Phi) is 2.07. The van der Waals surface area contributed by atoms with Gasteiger partial charge in [-0.15, -0.1) is 0 Å². The van der Waals surface area contributed by atoms with Gasteiger partial charge < -0.3 is 9.88 Å². The summed E-state index contributed by atoms with van der Waals surface area (Å²) in [5.41, 5.74) is -1.25. The van der Waals surface area contributed by atoms with Crippen LogP contribution in [-0.2, 0) is 12.2 Å². The first-order valence-corrected chi connectivity index (χ1v) is 4.67. The Balaban J connectivity index is 2.32. The fourth-order valence-corrected chi connectivity index (χ4v) is 1.81. The molecule has 1 unspecified atom stereocenters. The molecule has 1 aromatic heterocycles. The normalized spacial score (nSPS) is 28.2. The van der Waals surface area contributed by atoms with Crippen LogP contribution < -0.4 is 5.32 Å². The van der Waals surface area contributed by atoms with Crippen molar-refractivity contribution in [3.05, 3.63) is 18.2 Å². The van der Waals surface area contributed by atoms with Gasteiger partial charge in [0.15, 0.2) is 5.67 Å². The maximum absolute atomic E-state index is 14.2. The summed E-state index contributed by atoms with van der Waals surface area (Å²) in [5, 5.41) is 3.02. The fraction of sp³-hybridized carbons (Fsp3) is 0.667. The molecule has 1 aliphatic rings. The molecule has 13 heavy (non-hydrogen) atoms. The second kappa shape index (κ2) is 3.10. The third-order valence-electron chi connectivity index (χ3n) is 2.56. The Hall–Kier alpha value is -0.900. The number of hydrogen-bond donors (Lipinski definition) is 1. The van der Waals surface area contributed by atoms with Crippen molar-refractivity contribution in [1.29, 1.82) is 0 Å². The van der Waals surface area contributed by atoms with Gasteiger partial charge in [-0.3, -0.25) is 0 Å². The minimum atomic E-state index is -1.25. The number of rotatable bonds is 2. The lowest BCUT2D eigenvalue weighted by Crippen LogP contribution is -2.27. The smallest absolute Gasteiger partial charge is 0.181 e. The third kappa shape index (κ3) is 1.35. The van der Waals surface area contributed by atoms with Gasteiger partial charge in [0.1, 0.15) is 5.82 Å². The number of imidazole rings is 1. The average molecular weight is 183 g/mol. The summed E-state index contributed by atoms with van der Waals surface area (Å²) in [4.78, 5) is 4.09. The molecule has 0 saturated carbocycles. The first kappa shape index (κ1) is 8.69. The van der Waals surface area contributed by atoms with Crippen molar-refractivity contribution >= 4 is 0 Å². The molecule has 0 radical (unpaired) electrons. The van der Waals surface area contributed by atoms with Crippen LogP contribution in [0.3, 0.4) is 0 Å². The van der Waals surface area contributed by atoms with Crippen LogP contribution in [0.1, 0.15) is 19.2 Å². The summed E-state index contributed by atoms with van der Waals surface area (Å²) in [5.74, 6) is 0.569. The molecule has 4 heteroatoms. The molecule has 0 bridgehead atoms. The van der Waals surface area contributed by atoms with Crippen LogP contribution in [0.4, 0.5) is 4.39 Å². The standard InChI is InChI=1S/C9H14FN3/c1-2-13-6-5-12-8(13)9(10)3-4-11-7-9/h5-6,11H,2-4,7H2,1H3. The molecule has 72 valence electrons. The van der Waals surface area contributed by atoms with Crippen LogP contribution in [0.25, 0.3) is 0 Å². The van der Waals surface area contributed by atoms with E-state index in [-0.39, 0.29) is 0 Å². The topological polar surface area (TPSA) is 29.9 Å². The highest BCUT2D eigenvalue weighted by Crippen LogP contribution is 2.30. The molecular weight excluding hydrogens is 169 g/mol. The van der Waals surface area contributed by atoms with E-state index in [1.807, 2.05) is 17.7 Å². The van der Waals surface area contributed by atoms with E-state index in [1.165, 1.54) is 0 Å². The van der Waals surface area contributed by atoms with Crippen LogP contribution in [0.2, 0.25) is 0 Å². The average Bonchev–Trinajstić information content (AvgIpc) is 2.72. The molecule has 0 aliphatic carbocycles. The van der Waals surface area contributed by atoms with E-state index in [9.17, 15) is 4.39 Å². The molecular formula is C9H14FN3. The largest absolute Gasteiger partial charge is 0.332 e. The van der Waals surface area contributed by atoms with E-state index in [2.05, 4.69) is 10.3 Å². The molecule has 2 rings (SSSR count). The zero-order valence-electron chi connectivity index (χ0n) is 7.76. The highest BCUT2D eigenvalue weighted by atomic mass is 19.1. The Morgan fingerprint density at radius 2 is 2.62 bits per heavy atom. The molecule has 0 amide bonds. The molecule has 1 N–H and O–H groups in total. The van der Waals surface area contributed by atoms with Crippen molar-refractivity contribution in [2.24, 2.45) is 0 Å². The summed E-state index contributed by atoms with van der Waals surface area (Å²) in [6.45, 7) is 3.91. The number of hydrogen-bond acceptors (Lipinski definition) is 2. The molecule has 2 heterocycles. The number of nitrogens with zero attached hydrogens (tertiary/aromatic N) is 2. The molecule has 1 saturated heterocycles. The summed E-state index contributed by atoms with van der Waals surface area (Å²) in [6.07, 6.45) is 4.03. The summed E-state index contributed by atoms with van der Waals surface area (Å²) in [6, 6.07) is 0. The van der Waals surface area contributed by atoms with Gasteiger partial charge in [-0.1, -0.05) is 0 Å². The number of nitrogens with one attached hydrogen (secondary N) is 1. The first-order chi connectivity index (χ1) is 6.26. The van der Waals surface area contributed by atoms with E-state index >= 15 is 0 Å². The summed E-state index contributed by atoms with van der Waals surface area (Å²) < 4.78 is 16.0. The van der Waals surface area contributed by atoms with Gasteiger partial charge in [0.2, 0.25) is 0 Å². The Labute approximate surface area is 77.0 Å². The van der Waals surface area contributed by atoms with Crippen molar-refractivity contribution in [3.8, 4) is 0 Å². The molecule has 1 atom stereocenters.